The van der Waals surface area contributed by atoms with Gasteiger partial charge in [0.05, 0.1) is 0 Å². The van der Waals surface area contributed by atoms with Crippen LogP contribution in [0.3, 0.4) is 0 Å². The van der Waals surface area contributed by atoms with Gasteiger partial charge in [-0.2, -0.15) is 0 Å². The molecule has 3 nitrogen and oxygen atoms in total. The smallest absolute Gasteiger partial charge is 0.333 e. The van der Waals surface area contributed by atoms with Crippen LogP contribution < -0.4 is 0 Å². The molecule has 42 valence electrons. The fourth-order valence-corrected chi connectivity index (χ4v) is 0.660. The quantitative estimate of drug-likeness (QED) is 0.322. The van der Waals surface area contributed by atoms with Crippen LogP contribution in [-0.2, 0) is 14.3 Å². The summed E-state index contributed by atoms with van der Waals surface area (Å²) in [6.45, 7) is 0.523. The molecule has 2 aliphatic rings. The topological polar surface area (TPSA) is 38.8 Å². The average Bonchev–Trinajstić information content (AvgIpc) is 2.34. The average molecular weight is 112 g/mol. The number of ether oxygens (including phenoxy) is 2. The first-order valence-corrected chi connectivity index (χ1v) is 2.37. The summed E-state index contributed by atoms with van der Waals surface area (Å²) in [4.78, 5) is 10.3. The van der Waals surface area contributed by atoms with E-state index in [1.165, 1.54) is 6.08 Å². The number of hydrogen-bond donors (Lipinski definition) is 0. The lowest BCUT2D eigenvalue weighted by Crippen LogP contribution is -2.08. The van der Waals surface area contributed by atoms with E-state index in [1.54, 1.807) is 6.08 Å². The minimum Gasteiger partial charge on any atom is -0.423 e. The van der Waals surface area contributed by atoms with Crippen LogP contribution in [0.15, 0.2) is 12.2 Å². The summed E-state index contributed by atoms with van der Waals surface area (Å²) in [6.07, 6.45) is 3.02. The van der Waals surface area contributed by atoms with Gasteiger partial charge in [-0.05, 0) is 6.08 Å². The minimum atomic E-state index is -0.614. The second kappa shape index (κ2) is 0.951. The van der Waals surface area contributed by atoms with E-state index >= 15 is 0 Å². The van der Waals surface area contributed by atoms with Gasteiger partial charge in [-0.15, -0.1) is 0 Å². The number of rotatable bonds is 0. The lowest BCUT2D eigenvalue weighted by atomic mass is 10.4. The highest BCUT2D eigenvalue weighted by molar-refractivity contribution is 5.85. The van der Waals surface area contributed by atoms with Gasteiger partial charge in [0.15, 0.2) is 0 Å². The van der Waals surface area contributed by atoms with Crippen molar-refractivity contribution < 1.29 is 14.3 Å². The number of carbonyl (C=O) groups is 1. The van der Waals surface area contributed by atoms with E-state index in [0.717, 1.165) is 0 Å². The molecule has 8 heavy (non-hydrogen) atoms. The van der Waals surface area contributed by atoms with Crippen molar-refractivity contribution in [3.05, 3.63) is 12.2 Å². The van der Waals surface area contributed by atoms with Crippen molar-refractivity contribution in [1.82, 2.24) is 0 Å². The van der Waals surface area contributed by atoms with E-state index in [4.69, 9.17) is 4.74 Å². The normalized spacial score (nSPS) is 40.8. The molecule has 0 aliphatic carbocycles. The Bertz CT molecular complexity index is 167. The highest BCUT2D eigenvalue weighted by Gasteiger charge is 2.49. The first kappa shape index (κ1) is 4.09. The van der Waals surface area contributed by atoms with Crippen molar-refractivity contribution in [2.24, 2.45) is 0 Å². The lowest BCUT2D eigenvalue weighted by Gasteiger charge is -1.95. The molecule has 0 aromatic rings. The molecule has 1 atom stereocenters. The monoisotopic (exact) mass is 112 g/mol. The molecule has 1 unspecified atom stereocenters. The second-order valence-corrected chi connectivity index (χ2v) is 1.85. The van der Waals surface area contributed by atoms with E-state index in [2.05, 4.69) is 4.74 Å². The van der Waals surface area contributed by atoms with Gasteiger partial charge in [-0.1, -0.05) is 0 Å². The standard InChI is InChI=1S/C5H4O3/c6-4-1-2-5(8-4)3-7-5/h1-2H,3H2. The Hall–Kier alpha value is -0.830. The molecule has 0 amide bonds. The van der Waals surface area contributed by atoms with Gasteiger partial charge in [0.1, 0.15) is 6.61 Å². The van der Waals surface area contributed by atoms with E-state index in [1.807, 2.05) is 0 Å². The maximum atomic E-state index is 10.3. The molecule has 1 saturated heterocycles. The van der Waals surface area contributed by atoms with Crippen LogP contribution in [0.2, 0.25) is 0 Å². The molecule has 0 saturated carbocycles. The first-order valence-electron chi connectivity index (χ1n) is 2.37. The van der Waals surface area contributed by atoms with E-state index in [0.29, 0.717) is 6.61 Å². The molecule has 0 bridgehead atoms. The maximum Gasteiger partial charge on any atom is 0.333 e. The van der Waals surface area contributed by atoms with E-state index in [-0.39, 0.29) is 5.97 Å². The third-order valence-corrected chi connectivity index (χ3v) is 1.18. The molecule has 1 spiro atoms. The van der Waals surface area contributed by atoms with E-state index in [9.17, 15) is 4.79 Å². The zero-order chi connectivity index (χ0) is 5.61. The molecular weight excluding hydrogens is 108 g/mol. The number of hydrogen-bond acceptors (Lipinski definition) is 3. The minimum absolute atomic E-state index is 0.303. The van der Waals surface area contributed by atoms with Gasteiger partial charge in [-0.3, -0.25) is 0 Å². The molecule has 2 aliphatic heterocycles. The van der Waals surface area contributed by atoms with Crippen LogP contribution in [0, 0.1) is 0 Å². The zero-order valence-electron chi connectivity index (χ0n) is 4.09. The molecule has 2 heterocycles. The van der Waals surface area contributed by atoms with Crippen LogP contribution >= 0.6 is 0 Å². The van der Waals surface area contributed by atoms with Gasteiger partial charge in [-0.25, -0.2) is 4.79 Å². The summed E-state index contributed by atoms with van der Waals surface area (Å²) in [5, 5.41) is 0. The SMILES string of the molecule is O=C1C=CC2(CO2)O1. The summed E-state index contributed by atoms with van der Waals surface area (Å²) in [7, 11) is 0. The van der Waals surface area contributed by atoms with Gasteiger partial charge in [0, 0.05) is 6.08 Å². The third-order valence-electron chi connectivity index (χ3n) is 1.18. The second-order valence-electron chi connectivity index (χ2n) is 1.85. The van der Waals surface area contributed by atoms with Crippen LogP contribution in [0.5, 0.6) is 0 Å². The largest absolute Gasteiger partial charge is 0.423 e. The van der Waals surface area contributed by atoms with Gasteiger partial charge in [0.25, 0.3) is 5.79 Å². The van der Waals surface area contributed by atoms with Gasteiger partial charge < -0.3 is 9.47 Å². The molecule has 0 radical (unpaired) electrons. The summed E-state index contributed by atoms with van der Waals surface area (Å²) in [6, 6.07) is 0. The lowest BCUT2D eigenvalue weighted by molar-refractivity contribution is -0.144. The number of esters is 1. The summed E-state index contributed by atoms with van der Waals surface area (Å²) in [5.41, 5.74) is 0. The Labute approximate surface area is 45.9 Å². The molecule has 1 fully saturated rings. The maximum absolute atomic E-state index is 10.3. The Morgan fingerprint density at radius 2 is 2.50 bits per heavy atom. The van der Waals surface area contributed by atoms with Crippen molar-refractivity contribution in [3.63, 3.8) is 0 Å². The first-order chi connectivity index (χ1) is 3.81. The van der Waals surface area contributed by atoms with Crippen molar-refractivity contribution in [2.75, 3.05) is 6.61 Å². The van der Waals surface area contributed by atoms with Gasteiger partial charge >= 0.3 is 5.97 Å². The molecule has 0 aromatic carbocycles. The summed E-state index contributed by atoms with van der Waals surface area (Å²) < 4.78 is 9.48. The fraction of sp³-hybridized carbons (Fsp3) is 0.400. The van der Waals surface area contributed by atoms with Crippen molar-refractivity contribution in [1.29, 1.82) is 0 Å². The van der Waals surface area contributed by atoms with Gasteiger partial charge in [0.2, 0.25) is 0 Å². The zero-order valence-corrected chi connectivity index (χ0v) is 4.09. The predicted molar refractivity (Wildman–Crippen MR) is 23.9 cm³/mol. The molecule has 3 heteroatoms. The van der Waals surface area contributed by atoms with Crippen LogP contribution in [0.1, 0.15) is 0 Å². The summed E-state index contributed by atoms with van der Waals surface area (Å²) in [5.74, 6) is -0.917. The molecule has 0 N–H and O–H groups in total. The van der Waals surface area contributed by atoms with Crippen molar-refractivity contribution >= 4 is 5.97 Å². The van der Waals surface area contributed by atoms with Crippen LogP contribution in [0.25, 0.3) is 0 Å². The number of epoxide rings is 1. The Morgan fingerprint density at radius 3 is 2.75 bits per heavy atom. The number of carbonyl (C=O) groups excluding carboxylic acids is 1. The van der Waals surface area contributed by atoms with Crippen LogP contribution in [-0.4, -0.2) is 18.4 Å². The highest BCUT2D eigenvalue weighted by atomic mass is 16.8. The highest BCUT2D eigenvalue weighted by Crippen LogP contribution is 2.33. The summed E-state index contributed by atoms with van der Waals surface area (Å²) >= 11 is 0. The van der Waals surface area contributed by atoms with Crippen molar-refractivity contribution in [3.8, 4) is 0 Å². The fourth-order valence-electron chi connectivity index (χ4n) is 0.660. The Kier molecular flexibility index (Phi) is 0.486. The third kappa shape index (κ3) is 0.391. The molecule has 2 rings (SSSR count). The predicted octanol–water partition coefficient (Wildman–Crippen LogP) is -0.174. The van der Waals surface area contributed by atoms with E-state index < -0.39 is 5.79 Å². The Morgan fingerprint density at radius 1 is 1.75 bits per heavy atom. The molecular formula is C5H4O3. The van der Waals surface area contributed by atoms with Crippen molar-refractivity contribution in [2.45, 2.75) is 5.79 Å². The van der Waals surface area contributed by atoms with Crippen LogP contribution in [0.4, 0.5) is 0 Å². The molecule has 0 aromatic heterocycles. The Balaban J connectivity index is 2.26.